The second-order valence-electron chi connectivity index (χ2n) is 7.10. The Morgan fingerprint density at radius 3 is 2.25 bits per heavy atom. The number of ether oxygens (including phenoxy) is 1. The molecule has 28 heavy (non-hydrogen) atoms. The van der Waals surface area contributed by atoms with Crippen molar-refractivity contribution in [3.63, 3.8) is 0 Å². The fourth-order valence-corrected chi connectivity index (χ4v) is 4.33. The van der Waals surface area contributed by atoms with Crippen molar-refractivity contribution in [2.75, 3.05) is 0 Å². The number of carbonyl (C=O) groups excluding carboxylic acids is 2. The molecule has 0 radical (unpaired) electrons. The van der Waals surface area contributed by atoms with Crippen LogP contribution in [0.3, 0.4) is 0 Å². The summed E-state index contributed by atoms with van der Waals surface area (Å²) in [5.74, 6) is -1.76. The molecule has 0 aromatic heterocycles. The lowest BCUT2D eigenvalue weighted by atomic mass is 10.1. The average molecular weight is 425 g/mol. The van der Waals surface area contributed by atoms with Gasteiger partial charge in [0, 0.05) is 11.1 Å². The van der Waals surface area contributed by atoms with E-state index >= 15 is 0 Å². The van der Waals surface area contributed by atoms with Gasteiger partial charge in [0.05, 0.1) is 10.6 Å². The van der Waals surface area contributed by atoms with Crippen molar-refractivity contribution in [3.8, 4) is 0 Å². The summed E-state index contributed by atoms with van der Waals surface area (Å²) in [4.78, 5) is 24.0. The number of benzene rings is 2. The molecule has 0 saturated carbocycles. The number of sulfonamides is 1. The van der Waals surface area contributed by atoms with Crippen LogP contribution in [-0.2, 0) is 19.6 Å². The lowest BCUT2D eigenvalue weighted by Gasteiger charge is -2.21. The molecule has 0 bridgehead atoms. The lowest BCUT2D eigenvalue weighted by Crippen LogP contribution is -2.40. The van der Waals surface area contributed by atoms with Crippen LogP contribution in [-0.4, -0.2) is 25.8 Å². The second-order valence-corrected chi connectivity index (χ2v) is 9.16. The van der Waals surface area contributed by atoms with Gasteiger partial charge >= 0.3 is 5.97 Å². The van der Waals surface area contributed by atoms with Crippen LogP contribution in [0.2, 0.25) is 5.02 Å². The van der Waals surface area contributed by atoms with Crippen LogP contribution in [0.4, 0.5) is 0 Å². The van der Waals surface area contributed by atoms with Crippen molar-refractivity contribution in [1.29, 1.82) is 0 Å². The molecular formula is C19H21ClN2O5S. The number of primary amides is 1. The Balaban J connectivity index is 2.35. The molecule has 2 rings (SSSR count). The quantitative estimate of drug-likeness (QED) is 0.691. The van der Waals surface area contributed by atoms with Crippen molar-refractivity contribution in [2.45, 2.75) is 37.3 Å². The molecular weight excluding hydrogens is 404 g/mol. The molecule has 0 heterocycles. The summed E-state index contributed by atoms with van der Waals surface area (Å²) in [6.45, 7) is 5.02. The van der Waals surface area contributed by atoms with Crippen LogP contribution >= 0.6 is 11.6 Å². The minimum atomic E-state index is -3.98. The number of halogens is 1. The van der Waals surface area contributed by atoms with E-state index in [-0.39, 0.29) is 15.5 Å². The SMILES string of the molecule is CC(C)(C)NS(=O)(=O)c1cc(C(=O)OC(C(N)=O)c2ccccc2)ccc1Cl. The average Bonchev–Trinajstić information content (AvgIpc) is 2.58. The van der Waals surface area contributed by atoms with E-state index in [4.69, 9.17) is 22.1 Å². The first-order valence-electron chi connectivity index (χ1n) is 8.29. The Morgan fingerprint density at radius 1 is 1.11 bits per heavy atom. The van der Waals surface area contributed by atoms with Crippen LogP contribution in [0.15, 0.2) is 53.4 Å². The number of nitrogens with two attached hydrogens (primary N) is 1. The summed E-state index contributed by atoms with van der Waals surface area (Å²) >= 11 is 6.02. The number of nitrogens with one attached hydrogen (secondary N) is 1. The molecule has 0 aliphatic carbocycles. The zero-order valence-electron chi connectivity index (χ0n) is 15.6. The van der Waals surface area contributed by atoms with Gasteiger partial charge < -0.3 is 10.5 Å². The number of esters is 1. The van der Waals surface area contributed by atoms with Crippen molar-refractivity contribution < 1.29 is 22.7 Å². The van der Waals surface area contributed by atoms with Crippen LogP contribution in [0.5, 0.6) is 0 Å². The van der Waals surface area contributed by atoms with Gasteiger partial charge in [-0.2, -0.15) is 0 Å². The third-order valence-electron chi connectivity index (χ3n) is 3.48. The van der Waals surface area contributed by atoms with E-state index in [0.717, 1.165) is 6.07 Å². The van der Waals surface area contributed by atoms with Gasteiger partial charge in [-0.3, -0.25) is 4.79 Å². The van der Waals surface area contributed by atoms with Gasteiger partial charge in [-0.05, 0) is 39.0 Å². The highest BCUT2D eigenvalue weighted by atomic mass is 35.5. The summed E-state index contributed by atoms with van der Waals surface area (Å²) in [6, 6.07) is 11.9. The Labute approximate surface area is 168 Å². The molecule has 1 unspecified atom stereocenters. The smallest absolute Gasteiger partial charge is 0.339 e. The van der Waals surface area contributed by atoms with Crippen LogP contribution in [0.1, 0.15) is 42.8 Å². The highest BCUT2D eigenvalue weighted by Crippen LogP contribution is 2.26. The minimum Gasteiger partial charge on any atom is -0.444 e. The van der Waals surface area contributed by atoms with E-state index in [1.165, 1.54) is 12.1 Å². The van der Waals surface area contributed by atoms with E-state index in [1.54, 1.807) is 51.1 Å². The number of rotatable bonds is 6. The van der Waals surface area contributed by atoms with E-state index in [2.05, 4.69) is 4.72 Å². The fourth-order valence-electron chi connectivity index (χ4n) is 2.39. The number of carbonyl (C=O) groups is 2. The molecule has 1 atom stereocenters. The van der Waals surface area contributed by atoms with Gasteiger partial charge in [-0.15, -0.1) is 0 Å². The third kappa shape index (κ3) is 5.54. The first kappa shape index (κ1) is 21.9. The van der Waals surface area contributed by atoms with Crippen molar-refractivity contribution >= 4 is 33.5 Å². The maximum atomic E-state index is 12.6. The molecule has 0 spiro atoms. The molecule has 0 fully saturated rings. The Morgan fingerprint density at radius 2 is 1.71 bits per heavy atom. The van der Waals surface area contributed by atoms with E-state index in [9.17, 15) is 18.0 Å². The summed E-state index contributed by atoms with van der Waals surface area (Å²) in [5, 5.41) is -0.0530. The largest absolute Gasteiger partial charge is 0.444 e. The van der Waals surface area contributed by atoms with Gasteiger partial charge in [-0.25, -0.2) is 17.9 Å². The molecule has 150 valence electrons. The van der Waals surface area contributed by atoms with Gasteiger partial charge in [0.1, 0.15) is 4.90 Å². The topological polar surface area (TPSA) is 116 Å². The lowest BCUT2D eigenvalue weighted by molar-refractivity contribution is -0.127. The molecule has 7 nitrogen and oxygen atoms in total. The third-order valence-corrected chi connectivity index (χ3v) is 5.72. The Bertz CT molecular complexity index is 985. The van der Waals surface area contributed by atoms with Crippen LogP contribution in [0, 0.1) is 0 Å². The van der Waals surface area contributed by atoms with Gasteiger partial charge in [0.15, 0.2) is 0 Å². The summed E-state index contributed by atoms with van der Waals surface area (Å²) in [7, 11) is -3.98. The first-order chi connectivity index (χ1) is 12.9. The first-order valence-corrected chi connectivity index (χ1v) is 10.2. The molecule has 0 aliphatic heterocycles. The summed E-state index contributed by atoms with van der Waals surface area (Å²) in [6.07, 6.45) is -1.31. The monoisotopic (exact) mass is 424 g/mol. The van der Waals surface area contributed by atoms with E-state index in [1.807, 2.05) is 0 Å². The zero-order valence-corrected chi connectivity index (χ0v) is 17.2. The van der Waals surface area contributed by atoms with Crippen LogP contribution in [0.25, 0.3) is 0 Å². The Kier molecular flexibility index (Phi) is 6.48. The van der Waals surface area contributed by atoms with Gasteiger partial charge in [0.25, 0.3) is 5.91 Å². The minimum absolute atomic E-state index is 0.0530. The van der Waals surface area contributed by atoms with Gasteiger partial charge in [-0.1, -0.05) is 41.9 Å². The highest BCUT2D eigenvalue weighted by Gasteiger charge is 2.27. The van der Waals surface area contributed by atoms with E-state index in [0.29, 0.717) is 5.56 Å². The molecule has 2 aromatic carbocycles. The van der Waals surface area contributed by atoms with E-state index < -0.39 is 33.5 Å². The van der Waals surface area contributed by atoms with Crippen molar-refractivity contribution in [2.24, 2.45) is 5.73 Å². The molecule has 9 heteroatoms. The zero-order chi connectivity index (χ0) is 21.1. The number of hydrogen-bond acceptors (Lipinski definition) is 5. The number of hydrogen-bond donors (Lipinski definition) is 2. The summed E-state index contributed by atoms with van der Waals surface area (Å²) < 4.78 is 32.8. The molecule has 2 aromatic rings. The highest BCUT2D eigenvalue weighted by molar-refractivity contribution is 7.89. The molecule has 1 amide bonds. The normalized spacial score (nSPS) is 13.0. The maximum Gasteiger partial charge on any atom is 0.339 e. The second kappa shape index (κ2) is 8.30. The van der Waals surface area contributed by atoms with Crippen molar-refractivity contribution in [1.82, 2.24) is 4.72 Å². The molecule has 0 saturated heterocycles. The maximum absolute atomic E-state index is 12.6. The predicted molar refractivity (Wildman–Crippen MR) is 105 cm³/mol. The van der Waals surface area contributed by atoms with Gasteiger partial charge in [0.2, 0.25) is 16.1 Å². The van der Waals surface area contributed by atoms with Crippen LogP contribution < -0.4 is 10.5 Å². The van der Waals surface area contributed by atoms with Crippen molar-refractivity contribution in [3.05, 3.63) is 64.7 Å². The fraction of sp³-hybridized carbons (Fsp3) is 0.263. The molecule has 0 aliphatic rings. The predicted octanol–water partition coefficient (Wildman–Crippen LogP) is 2.80. The standard InChI is InChI=1S/C19H21ClN2O5S/c1-19(2,3)22-28(25,26)15-11-13(9-10-14(15)20)18(24)27-16(17(21)23)12-7-5-4-6-8-12/h4-11,16,22H,1-3H3,(H2,21,23). The number of amides is 1. The summed E-state index contributed by atoms with van der Waals surface area (Å²) in [5.41, 5.74) is 4.92. The molecule has 3 N–H and O–H groups in total. The Hall–Kier alpha value is -2.42.